The lowest BCUT2D eigenvalue weighted by Crippen LogP contribution is -2.53. The van der Waals surface area contributed by atoms with Gasteiger partial charge in [-0.15, -0.1) is 0 Å². The first-order valence-electron chi connectivity index (χ1n) is 8.18. The van der Waals surface area contributed by atoms with Gasteiger partial charge in [-0.3, -0.25) is 4.90 Å². The lowest BCUT2D eigenvalue weighted by molar-refractivity contribution is 0.0460. The standard InChI is InChI=1S/C16H25FN4O/c1-3-22-12-14-4-5-16(20(14)2)6-8-21(9-7-16)15-18-10-13(17)11-19-15/h10-11,14H,3-9,12H2,1-2H3. The average Bonchev–Trinajstić information content (AvgIpc) is 2.84. The maximum Gasteiger partial charge on any atom is 0.225 e. The lowest BCUT2D eigenvalue weighted by Gasteiger charge is -2.45. The molecule has 5 nitrogen and oxygen atoms in total. The Hall–Kier alpha value is -1.27. The Morgan fingerprint density at radius 3 is 2.59 bits per heavy atom. The Bertz CT molecular complexity index is 487. The van der Waals surface area contributed by atoms with Gasteiger partial charge < -0.3 is 9.64 Å². The summed E-state index contributed by atoms with van der Waals surface area (Å²) in [5.41, 5.74) is 0.290. The number of nitrogens with zero attached hydrogens (tertiary/aromatic N) is 4. The van der Waals surface area contributed by atoms with Gasteiger partial charge in [0.1, 0.15) is 0 Å². The summed E-state index contributed by atoms with van der Waals surface area (Å²) in [6, 6.07) is 0.536. The smallest absolute Gasteiger partial charge is 0.225 e. The Balaban J connectivity index is 1.60. The number of piperidine rings is 1. The van der Waals surface area contributed by atoms with Crippen LogP contribution in [0.5, 0.6) is 0 Å². The number of anilines is 1. The molecule has 0 amide bonds. The van der Waals surface area contributed by atoms with Gasteiger partial charge in [0.25, 0.3) is 0 Å². The summed E-state index contributed by atoms with van der Waals surface area (Å²) >= 11 is 0. The minimum Gasteiger partial charge on any atom is -0.380 e. The van der Waals surface area contributed by atoms with E-state index in [1.54, 1.807) is 0 Å². The van der Waals surface area contributed by atoms with E-state index in [1.165, 1.54) is 25.2 Å². The number of hydrogen-bond acceptors (Lipinski definition) is 5. The third-order valence-electron chi connectivity index (χ3n) is 5.34. The van der Waals surface area contributed by atoms with Crippen LogP contribution in [0.1, 0.15) is 32.6 Å². The SMILES string of the molecule is CCOCC1CCC2(CCN(c3ncc(F)cn3)CC2)N1C. The van der Waals surface area contributed by atoms with Crippen LogP contribution in [0.25, 0.3) is 0 Å². The van der Waals surface area contributed by atoms with Gasteiger partial charge in [-0.2, -0.15) is 0 Å². The molecule has 1 atom stereocenters. The summed E-state index contributed by atoms with van der Waals surface area (Å²) < 4.78 is 18.5. The molecule has 2 aliphatic heterocycles. The molecule has 6 heteroatoms. The summed E-state index contributed by atoms with van der Waals surface area (Å²) in [6.45, 7) is 5.52. The maximum atomic E-state index is 12.9. The molecular weight excluding hydrogens is 283 g/mol. The Morgan fingerprint density at radius 1 is 1.27 bits per heavy atom. The molecule has 0 radical (unpaired) electrons. The molecule has 1 aromatic rings. The topological polar surface area (TPSA) is 41.5 Å². The molecule has 1 aromatic heterocycles. The molecule has 0 aliphatic carbocycles. The zero-order valence-electron chi connectivity index (χ0n) is 13.5. The number of aromatic nitrogens is 2. The van der Waals surface area contributed by atoms with Crippen LogP contribution in [0.4, 0.5) is 10.3 Å². The van der Waals surface area contributed by atoms with E-state index in [0.717, 1.165) is 39.1 Å². The Kier molecular flexibility index (Phi) is 4.59. The van der Waals surface area contributed by atoms with Crippen LogP contribution >= 0.6 is 0 Å². The van der Waals surface area contributed by atoms with Gasteiger partial charge in [-0.1, -0.05) is 0 Å². The fraction of sp³-hybridized carbons (Fsp3) is 0.750. The summed E-state index contributed by atoms with van der Waals surface area (Å²) in [4.78, 5) is 12.9. The molecule has 1 spiro atoms. The number of ether oxygens (including phenoxy) is 1. The van der Waals surface area contributed by atoms with Crippen molar-refractivity contribution in [2.24, 2.45) is 0 Å². The van der Waals surface area contributed by atoms with E-state index in [0.29, 0.717) is 12.0 Å². The highest BCUT2D eigenvalue weighted by Gasteiger charge is 2.45. The molecule has 0 aromatic carbocycles. The van der Waals surface area contributed by atoms with E-state index in [1.807, 2.05) is 6.92 Å². The molecule has 3 rings (SSSR count). The van der Waals surface area contributed by atoms with Crippen LogP contribution in [0, 0.1) is 5.82 Å². The summed E-state index contributed by atoms with van der Waals surface area (Å²) in [5, 5.41) is 0. The van der Waals surface area contributed by atoms with Gasteiger partial charge in [0.2, 0.25) is 5.95 Å². The number of halogens is 1. The van der Waals surface area contributed by atoms with Crippen molar-refractivity contribution >= 4 is 5.95 Å². The van der Waals surface area contributed by atoms with Crippen LogP contribution in [-0.2, 0) is 4.74 Å². The van der Waals surface area contributed by atoms with E-state index in [4.69, 9.17) is 4.74 Å². The molecule has 3 heterocycles. The summed E-state index contributed by atoms with van der Waals surface area (Å²) in [5.74, 6) is 0.259. The molecule has 22 heavy (non-hydrogen) atoms. The summed E-state index contributed by atoms with van der Waals surface area (Å²) in [6.07, 6.45) is 7.14. The van der Waals surface area contributed by atoms with Crippen molar-refractivity contribution in [3.05, 3.63) is 18.2 Å². The highest BCUT2D eigenvalue weighted by Crippen LogP contribution is 2.40. The van der Waals surface area contributed by atoms with Crippen LogP contribution in [-0.4, -0.2) is 59.8 Å². The largest absolute Gasteiger partial charge is 0.380 e. The fourth-order valence-corrected chi connectivity index (χ4v) is 3.84. The first-order chi connectivity index (χ1) is 10.6. The quantitative estimate of drug-likeness (QED) is 0.852. The van der Waals surface area contributed by atoms with Crippen LogP contribution in [0.15, 0.2) is 12.4 Å². The van der Waals surface area contributed by atoms with E-state index < -0.39 is 0 Å². The third kappa shape index (κ3) is 2.94. The van der Waals surface area contributed by atoms with Gasteiger partial charge in [-0.05, 0) is 39.7 Å². The van der Waals surface area contributed by atoms with Gasteiger partial charge in [0.05, 0.1) is 19.0 Å². The Labute approximate surface area is 131 Å². The minimum atomic E-state index is -0.383. The van der Waals surface area contributed by atoms with E-state index >= 15 is 0 Å². The van der Waals surface area contributed by atoms with Crippen molar-refractivity contribution in [2.45, 2.75) is 44.2 Å². The van der Waals surface area contributed by atoms with Gasteiger partial charge in [-0.25, -0.2) is 14.4 Å². The van der Waals surface area contributed by atoms with Crippen molar-refractivity contribution < 1.29 is 9.13 Å². The van der Waals surface area contributed by atoms with Gasteiger partial charge in [0, 0.05) is 31.3 Å². The first-order valence-corrected chi connectivity index (χ1v) is 8.18. The predicted molar refractivity (Wildman–Crippen MR) is 83.4 cm³/mol. The van der Waals surface area contributed by atoms with E-state index in [2.05, 4.69) is 26.8 Å². The van der Waals surface area contributed by atoms with Crippen molar-refractivity contribution in [3.63, 3.8) is 0 Å². The molecule has 1 unspecified atom stereocenters. The second kappa shape index (κ2) is 6.46. The number of likely N-dealkylation sites (tertiary alicyclic amines) is 1. The van der Waals surface area contributed by atoms with Gasteiger partial charge >= 0.3 is 0 Å². The monoisotopic (exact) mass is 308 g/mol. The van der Waals surface area contributed by atoms with E-state index in [-0.39, 0.29) is 11.4 Å². The highest BCUT2D eigenvalue weighted by molar-refractivity contribution is 5.30. The molecule has 0 bridgehead atoms. The third-order valence-corrected chi connectivity index (χ3v) is 5.34. The second-order valence-electron chi connectivity index (χ2n) is 6.38. The minimum absolute atomic E-state index is 0.290. The molecule has 122 valence electrons. The van der Waals surface area contributed by atoms with E-state index in [9.17, 15) is 4.39 Å². The van der Waals surface area contributed by atoms with Crippen molar-refractivity contribution in [3.8, 4) is 0 Å². The van der Waals surface area contributed by atoms with Crippen molar-refractivity contribution in [1.29, 1.82) is 0 Å². The highest BCUT2D eigenvalue weighted by atomic mass is 19.1. The zero-order chi connectivity index (χ0) is 15.6. The molecule has 0 saturated carbocycles. The maximum absolute atomic E-state index is 12.9. The first kappa shape index (κ1) is 15.6. The van der Waals surface area contributed by atoms with Crippen LogP contribution in [0.2, 0.25) is 0 Å². The fourth-order valence-electron chi connectivity index (χ4n) is 3.84. The molecule has 2 aliphatic rings. The van der Waals surface area contributed by atoms with Crippen LogP contribution < -0.4 is 4.90 Å². The van der Waals surface area contributed by atoms with Crippen LogP contribution in [0.3, 0.4) is 0 Å². The van der Waals surface area contributed by atoms with Crippen molar-refractivity contribution in [2.75, 3.05) is 38.3 Å². The van der Waals surface area contributed by atoms with Gasteiger partial charge in [0.15, 0.2) is 5.82 Å². The average molecular weight is 308 g/mol. The summed E-state index contributed by atoms with van der Waals surface area (Å²) in [7, 11) is 2.24. The second-order valence-corrected chi connectivity index (χ2v) is 6.38. The molecule has 0 N–H and O–H groups in total. The Morgan fingerprint density at radius 2 is 1.95 bits per heavy atom. The lowest BCUT2D eigenvalue weighted by atomic mass is 9.85. The molecular formula is C16H25FN4O. The molecule has 2 fully saturated rings. The zero-order valence-corrected chi connectivity index (χ0v) is 13.5. The number of hydrogen-bond donors (Lipinski definition) is 0. The molecule has 2 saturated heterocycles. The number of rotatable bonds is 4. The number of likely N-dealkylation sites (N-methyl/N-ethyl adjacent to an activating group) is 1. The predicted octanol–water partition coefficient (Wildman–Crippen LogP) is 2.09. The van der Waals surface area contributed by atoms with Crippen molar-refractivity contribution in [1.82, 2.24) is 14.9 Å². The normalized spacial score (nSPS) is 25.0.